The molecular formula is C22H36O4. The summed E-state index contributed by atoms with van der Waals surface area (Å²) in [6.45, 7) is 6.32. The molecule has 1 rings (SSSR count). The van der Waals surface area contributed by atoms with Gasteiger partial charge in [0.1, 0.15) is 0 Å². The summed E-state index contributed by atoms with van der Waals surface area (Å²) >= 11 is 0. The fourth-order valence-electron chi connectivity index (χ4n) is 3.45. The highest BCUT2D eigenvalue weighted by Crippen LogP contribution is 2.32. The van der Waals surface area contributed by atoms with E-state index >= 15 is 0 Å². The standard InChI is InChI=1S/C22H36O4/c1-4-5-16-22(2,3)20(24)15-13-17-12-14-19(23)18(17)10-8-6-7-9-11-21(25)26/h12-15,17-18,20,24H,4-11,16H2,1-3H3,(H,25,26)/b15-13+/t17-,18?,20-/m1/s1. The number of aliphatic hydroxyl groups excluding tert-OH is 1. The van der Waals surface area contributed by atoms with Gasteiger partial charge >= 0.3 is 5.97 Å². The molecule has 0 heterocycles. The summed E-state index contributed by atoms with van der Waals surface area (Å²) in [5, 5.41) is 19.1. The van der Waals surface area contributed by atoms with Gasteiger partial charge in [-0.25, -0.2) is 0 Å². The molecule has 0 aromatic heterocycles. The Morgan fingerprint density at radius 3 is 2.58 bits per heavy atom. The molecule has 0 saturated heterocycles. The number of carbonyl (C=O) groups is 2. The van der Waals surface area contributed by atoms with Crippen LogP contribution in [0.5, 0.6) is 0 Å². The Hall–Kier alpha value is -1.42. The summed E-state index contributed by atoms with van der Waals surface area (Å²) in [4.78, 5) is 22.6. The van der Waals surface area contributed by atoms with Gasteiger partial charge in [-0.3, -0.25) is 9.59 Å². The van der Waals surface area contributed by atoms with Gasteiger partial charge in [0.05, 0.1) is 6.10 Å². The molecule has 0 bridgehead atoms. The number of carboxylic acid groups (broad SMARTS) is 1. The van der Waals surface area contributed by atoms with E-state index in [2.05, 4.69) is 20.8 Å². The predicted molar refractivity (Wildman–Crippen MR) is 105 cm³/mol. The van der Waals surface area contributed by atoms with Crippen LogP contribution in [0.1, 0.15) is 78.6 Å². The van der Waals surface area contributed by atoms with Gasteiger partial charge in [-0.2, -0.15) is 0 Å². The van der Waals surface area contributed by atoms with Gasteiger partial charge in [0, 0.05) is 18.3 Å². The van der Waals surface area contributed by atoms with Crippen molar-refractivity contribution in [2.45, 2.75) is 84.7 Å². The van der Waals surface area contributed by atoms with Gasteiger partial charge in [0.15, 0.2) is 5.78 Å². The molecule has 1 aliphatic carbocycles. The number of unbranched alkanes of at least 4 members (excludes halogenated alkanes) is 4. The first-order chi connectivity index (χ1) is 12.3. The molecule has 4 nitrogen and oxygen atoms in total. The van der Waals surface area contributed by atoms with E-state index in [4.69, 9.17) is 5.11 Å². The molecule has 0 aromatic carbocycles. The first kappa shape index (κ1) is 22.6. The Morgan fingerprint density at radius 1 is 1.23 bits per heavy atom. The van der Waals surface area contributed by atoms with E-state index in [1.165, 1.54) is 0 Å². The molecule has 0 radical (unpaired) electrons. The molecule has 0 aliphatic heterocycles. The highest BCUT2D eigenvalue weighted by Gasteiger charge is 2.29. The summed E-state index contributed by atoms with van der Waals surface area (Å²) in [5.74, 6) is -0.537. The number of rotatable bonds is 13. The summed E-state index contributed by atoms with van der Waals surface area (Å²) in [6.07, 6.45) is 14.7. The number of carbonyl (C=O) groups excluding carboxylic acids is 1. The van der Waals surface area contributed by atoms with E-state index in [-0.39, 0.29) is 29.5 Å². The zero-order chi connectivity index (χ0) is 19.6. The van der Waals surface area contributed by atoms with Crippen molar-refractivity contribution in [1.82, 2.24) is 0 Å². The minimum Gasteiger partial charge on any atom is -0.481 e. The SMILES string of the molecule is CCCCC(C)(C)[C@H](O)/C=C/[C@H]1C=CC(=O)C1CCCCCCC(=O)O. The molecule has 1 unspecified atom stereocenters. The number of hydrogen-bond acceptors (Lipinski definition) is 3. The molecule has 0 saturated carbocycles. The van der Waals surface area contributed by atoms with E-state index in [1.807, 2.05) is 18.2 Å². The van der Waals surface area contributed by atoms with Crippen LogP contribution in [0.15, 0.2) is 24.3 Å². The van der Waals surface area contributed by atoms with Crippen LogP contribution in [-0.4, -0.2) is 28.1 Å². The van der Waals surface area contributed by atoms with E-state index in [0.717, 1.165) is 44.9 Å². The van der Waals surface area contributed by atoms with E-state index in [9.17, 15) is 14.7 Å². The van der Waals surface area contributed by atoms with Crippen molar-refractivity contribution in [1.29, 1.82) is 0 Å². The van der Waals surface area contributed by atoms with Crippen LogP contribution in [0, 0.1) is 17.3 Å². The number of aliphatic hydroxyl groups is 1. The maximum absolute atomic E-state index is 12.1. The maximum atomic E-state index is 12.1. The van der Waals surface area contributed by atoms with Crippen molar-refractivity contribution >= 4 is 11.8 Å². The van der Waals surface area contributed by atoms with Gasteiger partial charge in [-0.05, 0) is 30.8 Å². The van der Waals surface area contributed by atoms with Crippen LogP contribution in [0.4, 0.5) is 0 Å². The maximum Gasteiger partial charge on any atom is 0.303 e. The topological polar surface area (TPSA) is 74.6 Å². The van der Waals surface area contributed by atoms with Gasteiger partial charge in [0.2, 0.25) is 0 Å². The predicted octanol–water partition coefficient (Wildman–Crippen LogP) is 4.92. The van der Waals surface area contributed by atoms with Gasteiger partial charge < -0.3 is 10.2 Å². The first-order valence-corrected chi connectivity index (χ1v) is 10.1. The normalized spacial score (nSPS) is 21.6. The van der Waals surface area contributed by atoms with Crippen molar-refractivity contribution in [3.8, 4) is 0 Å². The third-order valence-corrected chi connectivity index (χ3v) is 5.46. The largest absolute Gasteiger partial charge is 0.481 e. The Bertz CT molecular complexity index is 504. The zero-order valence-corrected chi connectivity index (χ0v) is 16.6. The third kappa shape index (κ3) is 7.86. The summed E-state index contributed by atoms with van der Waals surface area (Å²) in [5.41, 5.74) is -0.154. The molecule has 26 heavy (non-hydrogen) atoms. The highest BCUT2D eigenvalue weighted by atomic mass is 16.4. The van der Waals surface area contributed by atoms with Gasteiger partial charge in [-0.1, -0.05) is 71.1 Å². The number of ketones is 1. The number of hydrogen-bond donors (Lipinski definition) is 2. The minimum absolute atomic E-state index is 0.0309. The van der Waals surface area contributed by atoms with Crippen molar-refractivity contribution in [3.63, 3.8) is 0 Å². The number of carboxylic acids is 1. The zero-order valence-electron chi connectivity index (χ0n) is 16.6. The van der Waals surface area contributed by atoms with Gasteiger partial charge in [0.25, 0.3) is 0 Å². The Morgan fingerprint density at radius 2 is 1.92 bits per heavy atom. The second-order valence-electron chi connectivity index (χ2n) is 8.21. The molecular weight excluding hydrogens is 328 g/mol. The monoisotopic (exact) mass is 364 g/mol. The lowest BCUT2D eigenvalue weighted by atomic mass is 9.80. The molecule has 0 spiro atoms. The summed E-state index contributed by atoms with van der Waals surface area (Å²) in [6, 6.07) is 0. The molecule has 0 amide bonds. The van der Waals surface area contributed by atoms with Crippen molar-refractivity contribution in [2.75, 3.05) is 0 Å². The Balaban J connectivity index is 2.45. The second kappa shape index (κ2) is 11.3. The van der Waals surface area contributed by atoms with Crippen LogP contribution in [-0.2, 0) is 9.59 Å². The van der Waals surface area contributed by atoms with Crippen LogP contribution in [0.2, 0.25) is 0 Å². The fraction of sp³-hybridized carbons (Fsp3) is 0.727. The quantitative estimate of drug-likeness (QED) is 0.359. The lowest BCUT2D eigenvalue weighted by molar-refractivity contribution is -0.137. The number of aliphatic carboxylic acids is 1. The van der Waals surface area contributed by atoms with Crippen molar-refractivity contribution in [2.24, 2.45) is 17.3 Å². The fourth-order valence-corrected chi connectivity index (χ4v) is 3.45. The molecule has 148 valence electrons. The van der Waals surface area contributed by atoms with Crippen LogP contribution in [0.25, 0.3) is 0 Å². The molecule has 2 N–H and O–H groups in total. The van der Waals surface area contributed by atoms with Crippen molar-refractivity contribution < 1.29 is 19.8 Å². The van der Waals surface area contributed by atoms with E-state index < -0.39 is 12.1 Å². The van der Waals surface area contributed by atoms with Crippen LogP contribution in [0.3, 0.4) is 0 Å². The second-order valence-corrected chi connectivity index (χ2v) is 8.21. The highest BCUT2D eigenvalue weighted by molar-refractivity contribution is 5.94. The van der Waals surface area contributed by atoms with Crippen LogP contribution >= 0.6 is 0 Å². The van der Waals surface area contributed by atoms with Gasteiger partial charge in [-0.15, -0.1) is 0 Å². The smallest absolute Gasteiger partial charge is 0.303 e. The molecule has 4 heteroatoms. The summed E-state index contributed by atoms with van der Waals surface area (Å²) in [7, 11) is 0. The lowest BCUT2D eigenvalue weighted by Crippen LogP contribution is -2.27. The average molecular weight is 365 g/mol. The number of allylic oxidation sites excluding steroid dienone is 3. The summed E-state index contributed by atoms with van der Waals surface area (Å²) < 4.78 is 0. The van der Waals surface area contributed by atoms with Crippen molar-refractivity contribution in [3.05, 3.63) is 24.3 Å². The molecule has 1 aliphatic rings. The lowest BCUT2D eigenvalue weighted by Gasteiger charge is -2.29. The molecule has 0 aromatic rings. The third-order valence-electron chi connectivity index (χ3n) is 5.46. The Labute approximate surface area is 158 Å². The minimum atomic E-state index is -0.745. The van der Waals surface area contributed by atoms with Crippen LogP contribution < -0.4 is 0 Å². The Kier molecular flexibility index (Phi) is 9.85. The van der Waals surface area contributed by atoms with E-state index in [0.29, 0.717) is 6.42 Å². The first-order valence-electron chi connectivity index (χ1n) is 10.1. The average Bonchev–Trinajstić information content (AvgIpc) is 2.93. The van der Waals surface area contributed by atoms with E-state index in [1.54, 1.807) is 6.08 Å². The molecule has 0 fully saturated rings. The molecule has 3 atom stereocenters.